The number of aromatic amines is 1. The van der Waals surface area contributed by atoms with Gasteiger partial charge in [0.1, 0.15) is 15.2 Å². The quantitative estimate of drug-likeness (QED) is 0.904. The first-order chi connectivity index (χ1) is 11.5. The van der Waals surface area contributed by atoms with Crippen molar-refractivity contribution in [1.82, 2.24) is 14.2 Å². The Labute approximate surface area is 148 Å². The summed E-state index contributed by atoms with van der Waals surface area (Å²) in [6, 6.07) is 5.92. The number of aryl methyl sites for hydroxylation is 2. The predicted molar refractivity (Wildman–Crippen MR) is 100.0 cm³/mol. The van der Waals surface area contributed by atoms with Crippen LogP contribution in [0.5, 0.6) is 0 Å². The van der Waals surface area contributed by atoms with Crippen molar-refractivity contribution in [1.29, 1.82) is 0 Å². The number of likely N-dealkylation sites (N-methyl/N-ethyl adjacent to an activating group) is 1. The molecular formula is C17H23N3O2S2. The van der Waals surface area contributed by atoms with Crippen LogP contribution in [0.15, 0.2) is 27.2 Å². The molecule has 1 unspecified atom stereocenters. The summed E-state index contributed by atoms with van der Waals surface area (Å²) in [6.07, 6.45) is 0.702. The van der Waals surface area contributed by atoms with Gasteiger partial charge in [-0.05, 0) is 38.6 Å². The Morgan fingerprint density at radius 1 is 1.25 bits per heavy atom. The minimum Gasteiger partial charge on any atom is -0.326 e. The number of pyridine rings is 1. The molecule has 7 heteroatoms. The molecule has 3 heterocycles. The molecule has 0 aromatic carbocycles. The topological polar surface area (TPSA) is 56.4 Å². The van der Waals surface area contributed by atoms with Gasteiger partial charge >= 0.3 is 0 Å². The third kappa shape index (κ3) is 3.54. The molecule has 0 amide bonds. The van der Waals surface area contributed by atoms with Gasteiger partial charge in [0.05, 0.1) is 0 Å². The van der Waals surface area contributed by atoms with Gasteiger partial charge in [0.15, 0.2) is 0 Å². The first-order valence-electron chi connectivity index (χ1n) is 8.18. The highest BCUT2D eigenvalue weighted by atomic mass is 32.2. The number of hydrogen-bond acceptors (Lipinski definition) is 4. The van der Waals surface area contributed by atoms with Gasteiger partial charge in [0, 0.05) is 47.9 Å². The van der Waals surface area contributed by atoms with E-state index in [2.05, 4.69) is 16.9 Å². The van der Waals surface area contributed by atoms with Gasteiger partial charge in [-0.2, -0.15) is 0 Å². The van der Waals surface area contributed by atoms with Crippen molar-refractivity contribution >= 4 is 22.3 Å². The maximum absolute atomic E-state index is 12.8. The van der Waals surface area contributed by atoms with Gasteiger partial charge in [-0.15, -0.1) is 11.3 Å². The van der Waals surface area contributed by atoms with E-state index in [0.717, 1.165) is 52.1 Å². The van der Waals surface area contributed by atoms with Crippen LogP contribution in [-0.4, -0.2) is 51.6 Å². The van der Waals surface area contributed by atoms with E-state index < -0.39 is 11.0 Å². The highest BCUT2D eigenvalue weighted by molar-refractivity contribution is 7.85. The number of rotatable bonds is 4. The zero-order chi connectivity index (χ0) is 17.3. The standard InChI is InChI=1S/C17H23N3O2S2/c1-4-13-11-14(12(2)18-17(13)21)15-5-6-16(23-15)24(22)20-9-7-19(3)8-10-20/h5-6,11H,4,7-10H2,1-3H3,(H,18,21). The van der Waals surface area contributed by atoms with Crippen molar-refractivity contribution < 1.29 is 4.21 Å². The summed E-state index contributed by atoms with van der Waals surface area (Å²) in [5.41, 5.74) is 2.65. The zero-order valence-corrected chi connectivity index (χ0v) is 15.9. The molecule has 1 N–H and O–H groups in total. The van der Waals surface area contributed by atoms with E-state index in [1.807, 2.05) is 36.4 Å². The van der Waals surface area contributed by atoms with E-state index in [4.69, 9.17) is 0 Å². The number of thiophene rings is 1. The van der Waals surface area contributed by atoms with Gasteiger partial charge in [0.2, 0.25) is 0 Å². The smallest absolute Gasteiger partial charge is 0.251 e. The molecule has 2 aromatic rings. The summed E-state index contributed by atoms with van der Waals surface area (Å²) in [5.74, 6) is 0. The van der Waals surface area contributed by atoms with Gasteiger partial charge < -0.3 is 9.88 Å². The summed E-state index contributed by atoms with van der Waals surface area (Å²) in [4.78, 5) is 18.1. The lowest BCUT2D eigenvalue weighted by atomic mass is 10.1. The second-order valence-corrected chi connectivity index (χ2v) is 8.91. The van der Waals surface area contributed by atoms with Crippen LogP contribution in [0.1, 0.15) is 18.2 Å². The van der Waals surface area contributed by atoms with E-state index in [1.54, 1.807) is 11.3 Å². The number of nitrogens with zero attached hydrogens (tertiary/aromatic N) is 2. The molecule has 2 aromatic heterocycles. The third-order valence-electron chi connectivity index (χ3n) is 4.41. The fourth-order valence-corrected chi connectivity index (χ4v) is 5.44. The molecule has 24 heavy (non-hydrogen) atoms. The normalized spacial score (nSPS) is 18.0. The van der Waals surface area contributed by atoms with Crippen LogP contribution >= 0.6 is 11.3 Å². The van der Waals surface area contributed by atoms with Crippen molar-refractivity contribution in [2.75, 3.05) is 33.2 Å². The maximum atomic E-state index is 12.8. The van der Waals surface area contributed by atoms with Crippen molar-refractivity contribution in [3.05, 3.63) is 39.8 Å². The van der Waals surface area contributed by atoms with E-state index in [-0.39, 0.29) is 5.56 Å². The van der Waals surface area contributed by atoms with Crippen molar-refractivity contribution in [3.63, 3.8) is 0 Å². The summed E-state index contributed by atoms with van der Waals surface area (Å²) in [6.45, 7) is 7.44. The molecule has 1 aliphatic heterocycles. The van der Waals surface area contributed by atoms with Gasteiger partial charge in [-0.3, -0.25) is 4.79 Å². The van der Waals surface area contributed by atoms with Crippen LogP contribution in [0, 0.1) is 6.92 Å². The monoisotopic (exact) mass is 365 g/mol. The van der Waals surface area contributed by atoms with Crippen LogP contribution in [0.2, 0.25) is 0 Å². The van der Waals surface area contributed by atoms with Crippen LogP contribution in [0.3, 0.4) is 0 Å². The molecule has 1 saturated heterocycles. The minimum atomic E-state index is -1.10. The van der Waals surface area contributed by atoms with Crippen molar-refractivity contribution in [2.45, 2.75) is 24.5 Å². The number of aromatic nitrogens is 1. The fourth-order valence-electron chi connectivity index (χ4n) is 2.82. The van der Waals surface area contributed by atoms with Gasteiger partial charge in [-0.25, -0.2) is 8.51 Å². The molecular weight excluding hydrogens is 342 g/mol. The van der Waals surface area contributed by atoms with E-state index in [9.17, 15) is 9.00 Å². The lowest BCUT2D eigenvalue weighted by Gasteiger charge is -2.30. The molecule has 130 valence electrons. The highest BCUT2D eigenvalue weighted by Crippen LogP contribution is 2.32. The number of hydrogen-bond donors (Lipinski definition) is 1. The minimum absolute atomic E-state index is 0.0171. The predicted octanol–water partition coefficient (Wildman–Crippen LogP) is 2.24. The Hall–Kier alpha value is -1.28. The Morgan fingerprint density at radius 2 is 1.96 bits per heavy atom. The number of H-pyrrole nitrogens is 1. The van der Waals surface area contributed by atoms with Crippen LogP contribution < -0.4 is 5.56 Å². The number of nitrogens with one attached hydrogen (secondary N) is 1. The molecule has 1 atom stereocenters. The lowest BCUT2D eigenvalue weighted by Crippen LogP contribution is -2.44. The summed E-state index contributed by atoms with van der Waals surface area (Å²) >= 11 is 1.55. The average Bonchev–Trinajstić information content (AvgIpc) is 3.05. The van der Waals surface area contributed by atoms with E-state index >= 15 is 0 Å². The Bertz CT molecular complexity index is 804. The molecule has 3 rings (SSSR count). The van der Waals surface area contributed by atoms with Crippen molar-refractivity contribution in [2.24, 2.45) is 0 Å². The summed E-state index contributed by atoms with van der Waals surface area (Å²) in [7, 11) is 0.988. The molecule has 0 spiro atoms. The van der Waals surface area contributed by atoms with E-state index in [1.165, 1.54) is 0 Å². The molecule has 0 aliphatic carbocycles. The van der Waals surface area contributed by atoms with Crippen LogP contribution in [0.4, 0.5) is 0 Å². The fraction of sp³-hybridized carbons (Fsp3) is 0.471. The van der Waals surface area contributed by atoms with Crippen molar-refractivity contribution in [3.8, 4) is 10.4 Å². The van der Waals surface area contributed by atoms with E-state index in [0.29, 0.717) is 6.42 Å². The molecule has 1 fully saturated rings. The molecule has 0 bridgehead atoms. The lowest BCUT2D eigenvalue weighted by molar-refractivity contribution is 0.228. The summed E-state index contributed by atoms with van der Waals surface area (Å²) < 4.78 is 15.7. The maximum Gasteiger partial charge on any atom is 0.251 e. The average molecular weight is 366 g/mol. The SMILES string of the molecule is CCc1cc(-c2ccc(S(=O)N3CCN(C)CC3)s2)c(C)[nH]c1=O. The molecule has 0 radical (unpaired) electrons. The first-order valence-corrected chi connectivity index (χ1v) is 10.1. The molecule has 1 aliphatic rings. The first kappa shape index (κ1) is 17.5. The molecule has 5 nitrogen and oxygen atoms in total. The second kappa shape index (κ2) is 7.31. The van der Waals surface area contributed by atoms with Gasteiger partial charge in [0.25, 0.3) is 5.56 Å². The Kier molecular flexibility index (Phi) is 5.34. The summed E-state index contributed by atoms with van der Waals surface area (Å²) in [5, 5.41) is 0. The van der Waals surface area contributed by atoms with Gasteiger partial charge in [-0.1, -0.05) is 6.92 Å². The highest BCUT2D eigenvalue weighted by Gasteiger charge is 2.22. The number of piperazine rings is 1. The zero-order valence-electron chi connectivity index (χ0n) is 14.3. The molecule has 0 saturated carbocycles. The Morgan fingerprint density at radius 3 is 2.62 bits per heavy atom. The third-order valence-corrected chi connectivity index (χ3v) is 7.32. The Balaban J connectivity index is 1.86. The second-order valence-electron chi connectivity index (χ2n) is 6.12. The van der Waals surface area contributed by atoms with Crippen LogP contribution in [0.25, 0.3) is 10.4 Å². The van der Waals surface area contributed by atoms with Crippen LogP contribution in [-0.2, 0) is 17.4 Å². The largest absolute Gasteiger partial charge is 0.326 e.